The number of methoxy groups -OCH3 is 1. The molecule has 0 saturated heterocycles. The first-order valence-electron chi connectivity index (χ1n) is 8.26. The number of rotatable bonds is 5. The highest BCUT2D eigenvalue weighted by Gasteiger charge is 2.30. The number of anilines is 3. The summed E-state index contributed by atoms with van der Waals surface area (Å²) in [6.07, 6.45) is 5.21. The molecule has 2 aromatic rings. The number of hydrogen-bond donors (Lipinski definition) is 2. The van der Waals surface area contributed by atoms with Crippen LogP contribution in [0.4, 0.5) is 17.3 Å². The maximum Gasteiger partial charge on any atom is 0.228 e. The van der Waals surface area contributed by atoms with Crippen LogP contribution in [-0.4, -0.2) is 29.2 Å². The van der Waals surface area contributed by atoms with E-state index in [2.05, 4.69) is 25.6 Å². The van der Waals surface area contributed by atoms with Crippen molar-refractivity contribution in [3.8, 4) is 5.75 Å². The summed E-state index contributed by atoms with van der Waals surface area (Å²) >= 11 is 0. The third-order valence-electron chi connectivity index (χ3n) is 4.48. The fourth-order valence-electron chi connectivity index (χ4n) is 2.80. The Labute approximate surface area is 145 Å². The van der Waals surface area contributed by atoms with Gasteiger partial charge in [-0.1, -0.05) is 0 Å². The number of aromatic nitrogens is 2. The Morgan fingerprint density at radius 1 is 1.24 bits per heavy atom. The number of aliphatic imine (C=N–C) groups is 1. The van der Waals surface area contributed by atoms with Crippen LogP contribution in [0.1, 0.15) is 29.5 Å². The van der Waals surface area contributed by atoms with Crippen molar-refractivity contribution in [2.45, 2.75) is 26.3 Å². The van der Waals surface area contributed by atoms with Crippen molar-refractivity contribution >= 4 is 29.4 Å². The molecule has 1 fully saturated rings. The minimum Gasteiger partial charge on any atom is -0.495 e. The second-order valence-corrected chi connectivity index (χ2v) is 6.31. The fourth-order valence-corrected chi connectivity index (χ4v) is 2.80. The van der Waals surface area contributed by atoms with E-state index in [9.17, 15) is 4.79 Å². The minimum absolute atomic E-state index is 0.0269. The zero-order chi connectivity index (χ0) is 17.4. The van der Waals surface area contributed by atoms with Crippen molar-refractivity contribution in [2.24, 2.45) is 10.9 Å². The van der Waals surface area contributed by atoms with E-state index < -0.39 is 0 Å². The molecule has 25 heavy (non-hydrogen) atoms. The van der Waals surface area contributed by atoms with Crippen LogP contribution in [0.25, 0.3) is 0 Å². The number of ether oxygens (including phenoxy) is 1. The number of fused-ring (bicyclic) bond motifs is 1. The van der Waals surface area contributed by atoms with E-state index in [-0.39, 0.29) is 11.8 Å². The van der Waals surface area contributed by atoms with Gasteiger partial charge < -0.3 is 15.4 Å². The van der Waals surface area contributed by atoms with Crippen LogP contribution >= 0.6 is 0 Å². The van der Waals surface area contributed by atoms with Gasteiger partial charge in [0.1, 0.15) is 23.7 Å². The van der Waals surface area contributed by atoms with Gasteiger partial charge in [0.25, 0.3) is 0 Å². The number of carbonyl (C=O) groups is 1. The molecule has 1 aromatic carbocycles. The molecule has 0 unspecified atom stereocenters. The molecule has 1 amide bonds. The topological polar surface area (TPSA) is 88.5 Å². The number of benzene rings is 1. The lowest BCUT2D eigenvalue weighted by atomic mass is 10.1. The van der Waals surface area contributed by atoms with Crippen molar-refractivity contribution in [3.05, 3.63) is 35.2 Å². The van der Waals surface area contributed by atoms with Crippen LogP contribution in [-0.2, 0) is 11.3 Å². The van der Waals surface area contributed by atoms with Gasteiger partial charge in [0.15, 0.2) is 0 Å². The Kier molecular flexibility index (Phi) is 3.83. The monoisotopic (exact) mass is 337 g/mol. The number of carbonyl (C=O) groups excluding carboxylic acids is 1. The zero-order valence-electron chi connectivity index (χ0n) is 14.2. The van der Waals surface area contributed by atoms with Crippen molar-refractivity contribution < 1.29 is 9.53 Å². The van der Waals surface area contributed by atoms with Crippen LogP contribution < -0.4 is 15.4 Å². The van der Waals surface area contributed by atoms with E-state index in [0.717, 1.165) is 41.0 Å². The highest BCUT2D eigenvalue weighted by Crippen LogP contribution is 2.34. The van der Waals surface area contributed by atoms with Crippen molar-refractivity contribution in [1.29, 1.82) is 0 Å². The maximum absolute atomic E-state index is 12.0. The lowest BCUT2D eigenvalue weighted by Gasteiger charge is -2.15. The number of nitrogens with zero attached hydrogens (tertiary/aromatic N) is 3. The molecule has 1 aliphatic carbocycles. The third kappa shape index (κ3) is 3.05. The molecule has 0 spiro atoms. The smallest absolute Gasteiger partial charge is 0.228 e. The Hall–Kier alpha value is -2.96. The van der Waals surface area contributed by atoms with E-state index in [4.69, 9.17) is 4.74 Å². The summed E-state index contributed by atoms with van der Waals surface area (Å²) in [5, 5.41) is 6.18. The van der Waals surface area contributed by atoms with Crippen LogP contribution in [0.5, 0.6) is 5.75 Å². The minimum atomic E-state index is 0.0269. The molecule has 128 valence electrons. The predicted octanol–water partition coefficient (Wildman–Crippen LogP) is 2.82. The Morgan fingerprint density at radius 3 is 2.80 bits per heavy atom. The summed E-state index contributed by atoms with van der Waals surface area (Å²) in [6.45, 7) is 2.56. The van der Waals surface area contributed by atoms with Gasteiger partial charge in [-0.15, -0.1) is 0 Å². The van der Waals surface area contributed by atoms with Crippen molar-refractivity contribution in [1.82, 2.24) is 9.97 Å². The third-order valence-corrected chi connectivity index (χ3v) is 4.48. The first-order valence-corrected chi connectivity index (χ1v) is 8.26. The van der Waals surface area contributed by atoms with Gasteiger partial charge in [-0.05, 0) is 43.0 Å². The highest BCUT2D eigenvalue weighted by molar-refractivity contribution is 5.94. The molecule has 1 aromatic heterocycles. The number of hydrogen-bond acceptors (Lipinski definition) is 6. The maximum atomic E-state index is 12.0. The molecule has 7 heteroatoms. The predicted molar refractivity (Wildman–Crippen MR) is 95.7 cm³/mol. The van der Waals surface area contributed by atoms with Crippen molar-refractivity contribution in [3.63, 3.8) is 0 Å². The summed E-state index contributed by atoms with van der Waals surface area (Å²) in [7, 11) is 1.64. The van der Waals surface area contributed by atoms with E-state index in [0.29, 0.717) is 18.2 Å². The normalized spacial score (nSPS) is 15.0. The SMILES string of the molecule is COc1cc2c(cc1Nc1ncnc(NC(=O)C3CC3)c1C)C=NC2. The van der Waals surface area contributed by atoms with Crippen LogP contribution in [0.15, 0.2) is 23.5 Å². The summed E-state index contributed by atoms with van der Waals surface area (Å²) in [4.78, 5) is 24.8. The van der Waals surface area contributed by atoms with Gasteiger partial charge in [0.05, 0.1) is 19.3 Å². The summed E-state index contributed by atoms with van der Waals surface area (Å²) < 4.78 is 5.49. The highest BCUT2D eigenvalue weighted by atomic mass is 16.5. The molecule has 2 aliphatic rings. The van der Waals surface area contributed by atoms with Crippen LogP contribution in [0.3, 0.4) is 0 Å². The molecule has 2 N–H and O–H groups in total. The molecular formula is C18H19N5O2. The average molecular weight is 337 g/mol. The molecule has 0 atom stereocenters. The van der Waals surface area contributed by atoms with Crippen LogP contribution in [0, 0.1) is 12.8 Å². The molecular weight excluding hydrogens is 318 g/mol. The average Bonchev–Trinajstić information content (AvgIpc) is 3.37. The van der Waals surface area contributed by atoms with E-state index in [1.165, 1.54) is 6.33 Å². The van der Waals surface area contributed by atoms with E-state index in [1.807, 2.05) is 25.3 Å². The van der Waals surface area contributed by atoms with Gasteiger partial charge in [-0.25, -0.2) is 9.97 Å². The quantitative estimate of drug-likeness (QED) is 0.876. The molecule has 7 nitrogen and oxygen atoms in total. The first-order chi connectivity index (χ1) is 12.2. The van der Waals surface area contributed by atoms with E-state index in [1.54, 1.807) is 7.11 Å². The Morgan fingerprint density at radius 2 is 2.04 bits per heavy atom. The molecule has 1 saturated carbocycles. The summed E-state index contributed by atoms with van der Waals surface area (Å²) in [6, 6.07) is 3.98. The van der Waals surface area contributed by atoms with Gasteiger partial charge in [0.2, 0.25) is 5.91 Å². The lowest BCUT2D eigenvalue weighted by molar-refractivity contribution is -0.117. The van der Waals surface area contributed by atoms with E-state index >= 15 is 0 Å². The lowest BCUT2D eigenvalue weighted by Crippen LogP contribution is -2.16. The van der Waals surface area contributed by atoms with Gasteiger partial charge in [0, 0.05) is 17.7 Å². The van der Waals surface area contributed by atoms with Crippen LogP contribution in [0.2, 0.25) is 0 Å². The Bertz CT molecular complexity index is 874. The summed E-state index contributed by atoms with van der Waals surface area (Å²) in [5.41, 5.74) is 3.79. The summed E-state index contributed by atoms with van der Waals surface area (Å²) in [5.74, 6) is 2.05. The second-order valence-electron chi connectivity index (χ2n) is 6.31. The van der Waals surface area contributed by atoms with Gasteiger partial charge >= 0.3 is 0 Å². The van der Waals surface area contributed by atoms with Gasteiger partial charge in [-0.2, -0.15) is 0 Å². The Balaban J connectivity index is 1.62. The first kappa shape index (κ1) is 15.6. The molecule has 2 heterocycles. The molecule has 4 rings (SSSR count). The standard InChI is InChI=1S/C18H19N5O2/c1-10-16(20-9-21-17(10)23-18(24)11-3-4-11)22-14-5-12-7-19-8-13(12)6-15(14)25-2/h5-7,9,11H,3-4,8H2,1-2H3,(H2,20,21,22,23,24). The molecule has 0 bridgehead atoms. The second kappa shape index (κ2) is 6.16. The number of nitrogens with one attached hydrogen (secondary N) is 2. The molecule has 0 radical (unpaired) electrons. The number of amides is 1. The molecule has 1 aliphatic heterocycles. The zero-order valence-corrected chi connectivity index (χ0v) is 14.2. The van der Waals surface area contributed by atoms with Crippen molar-refractivity contribution in [2.75, 3.05) is 17.7 Å². The van der Waals surface area contributed by atoms with Gasteiger partial charge in [-0.3, -0.25) is 9.79 Å². The fraction of sp³-hybridized carbons (Fsp3) is 0.333. The largest absolute Gasteiger partial charge is 0.495 e.